The minimum atomic E-state index is -0.797. The second-order valence-electron chi connectivity index (χ2n) is 7.29. The molecule has 1 atom stereocenters. The van der Waals surface area contributed by atoms with Crippen molar-refractivity contribution in [3.8, 4) is 0 Å². The van der Waals surface area contributed by atoms with Gasteiger partial charge in [0.25, 0.3) is 5.91 Å². The smallest absolute Gasteiger partial charge is 0.325 e. The van der Waals surface area contributed by atoms with E-state index < -0.39 is 11.6 Å². The fourth-order valence-corrected chi connectivity index (χ4v) is 3.67. The van der Waals surface area contributed by atoms with Gasteiger partial charge < -0.3 is 10.6 Å². The van der Waals surface area contributed by atoms with Gasteiger partial charge in [-0.2, -0.15) is 0 Å². The number of hydrogen-bond acceptors (Lipinski definition) is 3. The van der Waals surface area contributed by atoms with E-state index in [2.05, 4.69) is 17.6 Å². The van der Waals surface area contributed by atoms with Crippen molar-refractivity contribution >= 4 is 17.8 Å². The van der Waals surface area contributed by atoms with Crippen LogP contribution in [0.1, 0.15) is 51.1 Å². The Kier molecular flexibility index (Phi) is 4.79. The first kappa shape index (κ1) is 17.5. The van der Waals surface area contributed by atoms with Gasteiger partial charge >= 0.3 is 6.03 Å². The SMILES string of the molecule is CC1CCC2(CC1)NC(=O)N(CC(=O)NC(C)c1ccccc1)C2=O. The average molecular weight is 343 g/mol. The molecule has 1 spiro atoms. The van der Waals surface area contributed by atoms with E-state index >= 15 is 0 Å². The molecule has 0 radical (unpaired) electrons. The van der Waals surface area contributed by atoms with Crippen LogP contribution in [-0.2, 0) is 9.59 Å². The summed E-state index contributed by atoms with van der Waals surface area (Å²) in [6.07, 6.45) is 3.13. The lowest BCUT2D eigenvalue weighted by Gasteiger charge is -2.33. The lowest BCUT2D eigenvalue weighted by molar-refractivity contribution is -0.136. The lowest BCUT2D eigenvalue weighted by atomic mass is 9.77. The maximum absolute atomic E-state index is 12.8. The highest BCUT2D eigenvalue weighted by Crippen LogP contribution is 2.36. The zero-order valence-electron chi connectivity index (χ0n) is 14.7. The maximum Gasteiger partial charge on any atom is 0.325 e. The standard InChI is InChI=1S/C19H25N3O3/c1-13-8-10-19(11-9-13)17(24)22(18(25)21-19)12-16(23)20-14(2)15-6-4-3-5-7-15/h3-7,13-14H,8-12H2,1-2H3,(H,20,23)(H,21,25). The number of amides is 4. The van der Waals surface area contributed by atoms with Crippen LogP contribution in [-0.4, -0.2) is 34.8 Å². The Bertz CT molecular complexity index is 666. The van der Waals surface area contributed by atoms with Gasteiger partial charge in [-0.3, -0.25) is 14.5 Å². The summed E-state index contributed by atoms with van der Waals surface area (Å²) in [5.74, 6) is -0.0209. The van der Waals surface area contributed by atoms with E-state index in [1.54, 1.807) is 0 Å². The van der Waals surface area contributed by atoms with Crippen molar-refractivity contribution in [1.82, 2.24) is 15.5 Å². The molecule has 1 aliphatic carbocycles. The number of carbonyl (C=O) groups excluding carboxylic acids is 3. The summed E-state index contributed by atoms with van der Waals surface area (Å²) in [5.41, 5.74) is 0.181. The van der Waals surface area contributed by atoms with Crippen LogP contribution in [0.4, 0.5) is 4.79 Å². The Morgan fingerprint density at radius 1 is 1.28 bits per heavy atom. The van der Waals surface area contributed by atoms with Crippen LogP contribution >= 0.6 is 0 Å². The summed E-state index contributed by atoms with van der Waals surface area (Å²) in [6.45, 7) is 3.80. The number of nitrogens with one attached hydrogen (secondary N) is 2. The molecule has 1 unspecified atom stereocenters. The molecule has 3 rings (SSSR count). The third-order valence-corrected chi connectivity index (χ3v) is 5.35. The highest BCUT2D eigenvalue weighted by atomic mass is 16.2. The molecule has 4 amide bonds. The molecule has 2 aliphatic rings. The molecule has 1 saturated heterocycles. The molecule has 2 N–H and O–H groups in total. The number of imide groups is 1. The minimum Gasteiger partial charge on any atom is -0.348 e. The van der Waals surface area contributed by atoms with Crippen LogP contribution in [0.25, 0.3) is 0 Å². The van der Waals surface area contributed by atoms with Gasteiger partial charge in [-0.15, -0.1) is 0 Å². The van der Waals surface area contributed by atoms with E-state index in [0.29, 0.717) is 18.8 Å². The van der Waals surface area contributed by atoms with Crippen LogP contribution in [0, 0.1) is 5.92 Å². The zero-order valence-corrected chi connectivity index (χ0v) is 14.7. The van der Waals surface area contributed by atoms with E-state index in [0.717, 1.165) is 23.3 Å². The Hall–Kier alpha value is -2.37. The first-order valence-electron chi connectivity index (χ1n) is 8.90. The molecule has 1 saturated carbocycles. The first-order valence-corrected chi connectivity index (χ1v) is 8.90. The topological polar surface area (TPSA) is 78.5 Å². The molecule has 1 aliphatic heterocycles. The number of urea groups is 1. The number of benzene rings is 1. The van der Waals surface area contributed by atoms with Gasteiger partial charge in [0.1, 0.15) is 12.1 Å². The largest absolute Gasteiger partial charge is 0.348 e. The average Bonchev–Trinajstić information content (AvgIpc) is 2.83. The molecule has 0 bridgehead atoms. The van der Waals surface area contributed by atoms with Crippen LogP contribution in [0.5, 0.6) is 0 Å². The molecule has 0 aromatic heterocycles. The van der Waals surface area contributed by atoms with Gasteiger partial charge in [0, 0.05) is 0 Å². The molecule has 1 aromatic rings. The summed E-state index contributed by atoms with van der Waals surface area (Å²) in [4.78, 5) is 38.4. The third-order valence-electron chi connectivity index (χ3n) is 5.35. The lowest BCUT2D eigenvalue weighted by Crippen LogP contribution is -2.50. The second-order valence-corrected chi connectivity index (χ2v) is 7.29. The van der Waals surface area contributed by atoms with Crippen molar-refractivity contribution in [1.29, 1.82) is 0 Å². The fourth-order valence-electron chi connectivity index (χ4n) is 3.67. The number of carbonyl (C=O) groups is 3. The van der Waals surface area contributed by atoms with E-state index in [1.165, 1.54) is 0 Å². The number of hydrogen-bond donors (Lipinski definition) is 2. The minimum absolute atomic E-state index is 0.182. The van der Waals surface area contributed by atoms with Gasteiger partial charge in [-0.05, 0) is 44.1 Å². The molecule has 1 aromatic carbocycles. The van der Waals surface area contributed by atoms with Gasteiger partial charge in [-0.1, -0.05) is 37.3 Å². The number of nitrogens with zero attached hydrogens (tertiary/aromatic N) is 1. The summed E-state index contributed by atoms with van der Waals surface area (Å²) < 4.78 is 0. The van der Waals surface area contributed by atoms with Crippen LogP contribution < -0.4 is 10.6 Å². The number of rotatable bonds is 4. The summed E-state index contributed by atoms with van der Waals surface area (Å²) in [7, 11) is 0. The van der Waals surface area contributed by atoms with Gasteiger partial charge in [-0.25, -0.2) is 4.79 Å². The van der Waals surface area contributed by atoms with Crippen molar-refractivity contribution < 1.29 is 14.4 Å². The van der Waals surface area contributed by atoms with Gasteiger partial charge in [0.2, 0.25) is 5.91 Å². The molecule has 2 fully saturated rings. The van der Waals surface area contributed by atoms with Crippen LogP contribution in [0.3, 0.4) is 0 Å². The van der Waals surface area contributed by atoms with Gasteiger partial charge in [0.15, 0.2) is 0 Å². The Morgan fingerprint density at radius 2 is 1.92 bits per heavy atom. The van der Waals surface area contributed by atoms with Crippen LogP contribution in [0.2, 0.25) is 0 Å². The fraction of sp³-hybridized carbons (Fsp3) is 0.526. The monoisotopic (exact) mass is 343 g/mol. The second kappa shape index (κ2) is 6.86. The van der Waals surface area contributed by atoms with E-state index in [1.807, 2.05) is 37.3 Å². The van der Waals surface area contributed by atoms with Crippen molar-refractivity contribution in [3.63, 3.8) is 0 Å². The highest BCUT2D eigenvalue weighted by Gasteiger charge is 2.52. The third kappa shape index (κ3) is 3.52. The van der Waals surface area contributed by atoms with Crippen molar-refractivity contribution in [2.45, 2.75) is 51.1 Å². The normalized spacial score (nSPS) is 27.3. The van der Waals surface area contributed by atoms with Crippen molar-refractivity contribution in [3.05, 3.63) is 35.9 Å². The van der Waals surface area contributed by atoms with Gasteiger partial charge in [0.05, 0.1) is 6.04 Å². The predicted octanol–water partition coefficient (Wildman–Crippen LogP) is 2.36. The molecule has 1 heterocycles. The summed E-state index contributed by atoms with van der Waals surface area (Å²) in [6, 6.07) is 8.94. The first-order chi connectivity index (χ1) is 11.9. The van der Waals surface area contributed by atoms with Crippen molar-refractivity contribution in [2.75, 3.05) is 6.54 Å². The van der Waals surface area contributed by atoms with E-state index in [-0.39, 0.29) is 24.4 Å². The van der Waals surface area contributed by atoms with Crippen molar-refractivity contribution in [2.24, 2.45) is 5.92 Å². The Balaban J connectivity index is 1.61. The predicted molar refractivity (Wildman–Crippen MR) is 93.6 cm³/mol. The molecule has 134 valence electrons. The summed E-state index contributed by atoms with van der Waals surface area (Å²) in [5, 5.41) is 5.69. The molecule has 6 nitrogen and oxygen atoms in total. The molecule has 25 heavy (non-hydrogen) atoms. The van der Waals surface area contributed by atoms with E-state index in [9.17, 15) is 14.4 Å². The zero-order chi connectivity index (χ0) is 18.0. The Labute approximate surface area is 148 Å². The van der Waals surface area contributed by atoms with E-state index in [4.69, 9.17) is 0 Å². The maximum atomic E-state index is 12.8. The summed E-state index contributed by atoms with van der Waals surface area (Å²) >= 11 is 0. The highest BCUT2D eigenvalue weighted by molar-refractivity contribution is 6.09. The molecular weight excluding hydrogens is 318 g/mol. The Morgan fingerprint density at radius 3 is 2.56 bits per heavy atom. The van der Waals surface area contributed by atoms with Crippen LogP contribution in [0.15, 0.2) is 30.3 Å². The molecular formula is C19H25N3O3. The quantitative estimate of drug-likeness (QED) is 0.824. The molecule has 6 heteroatoms.